The number of rotatable bonds is 2. The van der Waals surface area contributed by atoms with Gasteiger partial charge in [-0.15, -0.1) is 11.3 Å². The molecule has 2 aliphatic heterocycles. The first-order valence-electron chi connectivity index (χ1n) is 7.48. The zero-order chi connectivity index (χ0) is 16.0. The standard InChI is InChI=1S/C17H16N4OS/c1-10-16(23-11(2)19-10)14(22)9-15-20-13-6-4-3-5-12(13)17-18-7-8-21(15)17/h3-6,9,22H,7-8H2,1-2H3/b14-9-. The number of hydrogen-bond donors (Lipinski definition) is 1. The van der Waals surface area contributed by atoms with Crippen molar-refractivity contribution in [3.8, 4) is 0 Å². The topological polar surface area (TPSA) is 61.1 Å². The highest BCUT2D eigenvalue weighted by Crippen LogP contribution is 2.30. The Balaban J connectivity index is 1.80. The van der Waals surface area contributed by atoms with Crippen LogP contribution in [-0.2, 0) is 0 Å². The maximum atomic E-state index is 10.5. The molecule has 0 saturated carbocycles. The van der Waals surface area contributed by atoms with Gasteiger partial charge < -0.3 is 10.0 Å². The molecule has 0 unspecified atom stereocenters. The Labute approximate surface area is 138 Å². The highest BCUT2D eigenvalue weighted by atomic mass is 32.1. The fourth-order valence-electron chi connectivity index (χ4n) is 2.91. The van der Waals surface area contributed by atoms with Crippen LogP contribution in [0.2, 0.25) is 0 Å². The van der Waals surface area contributed by atoms with E-state index in [1.54, 1.807) is 6.08 Å². The number of benzene rings is 1. The third-order valence-electron chi connectivity index (χ3n) is 3.90. The summed E-state index contributed by atoms with van der Waals surface area (Å²) in [5.74, 6) is 1.87. The quantitative estimate of drug-likeness (QED) is 0.861. The largest absolute Gasteiger partial charge is 0.506 e. The Bertz CT molecular complexity index is 878. The molecule has 6 heteroatoms. The van der Waals surface area contributed by atoms with Gasteiger partial charge in [-0.05, 0) is 26.0 Å². The summed E-state index contributed by atoms with van der Waals surface area (Å²) in [5, 5.41) is 11.5. The molecule has 1 aromatic heterocycles. The smallest absolute Gasteiger partial charge is 0.138 e. The minimum atomic E-state index is 0.206. The normalized spacial score (nSPS) is 16.8. The fraction of sp³-hybridized carbons (Fsp3) is 0.235. The van der Waals surface area contributed by atoms with Gasteiger partial charge in [-0.1, -0.05) is 12.1 Å². The number of amidine groups is 2. The first kappa shape index (κ1) is 14.1. The van der Waals surface area contributed by atoms with E-state index >= 15 is 0 Å². The molecule has 2 aliphatic rings. The summed E-state index contributed by atoms with van der Waals surface area (Å²) in [6.45, 7) is 5.38. The van der Waals surface area contributed by atoms with Crippen LogP contribution in [0.4, 0.5) is 5.69 Å². The van der Waals surface area contributed by atoms with Crippen LogP contribution >= 0.6 is 11.3 Å². The number of para-hydroxylation sites is 1. The Morgan fingerprint density at radius 3 is 2.91 bits per heavy atom. The number of aliphatic hydroxyl groups is 1. The van der Waals surface area contributed by atoms with Gasteiger partial charge in [0.1, 0.15) is 17.4 Å². The van der Waals surface area contributed by atoms with E-state index in [0.29, 0.717) is 0 Å². The SMILES string of the molecule is Cc1nc(C)c(/C(O)=C/C2=Nc3ccccc3C3=NCCN23)s1. The third kappa shape index (κ3) is 2.35. The number of aromatic nitrogens is 1. The number of thiazole rings is 1. The van der Waals surface area contributed by atoms with E-state index in [1.807, 2.05) is 38.1 Å². The van der Waals surface area contributed by atoms with E-state index in [2.05, 4.69) is 14.9 Å². The molecule has 0 spiro atoms. The van der Waals surface area contributed by atoms with Crippen molar-refractivity contribution in [3.63, 3.8) is 0 Å². The van der Waals surface area contributed by atoms with Crippen LogP contribution in [0, 0.1) is 13.8 Å². The number of nitrogens with zero attached hydrogens (tertiary/aromatic N) is 4. The summed E-state index contributed by atoms with van der Waals surface area (Å²) < 4.78 is 0. The second-order valence-electron chi connectivity index (χ2n) is 5.52. The van der Waals surface area contributed by atoms with E-state index in [9.17, 15) is 5.11 Å². The van der Waals surface area contributed by atoms with Crippen molar-refractivity contribution < 1.29 is 5.11 Å². The van der Waals surface area contributed by atoms with Crippen molar-refractivity contribution >= 4 is 34.5 Å². The van der Waals surface area contributed by atoms with Crippen molar-refractivity contribution in [2.24, 2.45) is 9.98 Å². The van der Waals surface area contributed by atoms with Crippen LogP contribution < -0.4 is 0 Å². The Morgan fingerprint density at radius 1 is 1.30 bits per heavy atom. The summed E-state index contributed by atoms with van der Waals surface area (Å²) in [6.07, 6.45) is 1.72. The van der Waals surface area contributed by atoms with Crippen LogP contribution in [0.5, 0.6) is 0 Å². The minimum Gasteiger partial charge on any atom is -0.506 e. The van der Waals surface area contributed by atoms with E-state index in [1.165, 1.54) is 11.3 Å². The highest BCUT2D eigenvalue weighted by Gasteiger charge is 2.28. The van der Waals surface area contributed by atoms with Crippen molar-refractivity contribution in [2.75, 3.05) is 13.1 Å². The van der Waals surface area contributed by atoms with Crippen LogP contribution in [-0.4, -0.2) is 39.8 Å². The van der Waals surface area contributed by atoms with Crippen LogP contribution in [0.15, 0.2) is 40.3 Å². The summed E-state index contributed by atoms with van der Waals surface area (Å²) in [6, 6.07) is 7.97. The zero-order valence-electron chi connectivity index (χ0n) is 12.9. The molecule has 23 heavy (non-hydrogen) atoms. The minimum absolute atomic E-state index is 0.206. The maximum Gasteiger partial charge on any atom is 0.138 e. The van der Waals surface area contributed by atoms with Crippen LogP contribution in [0.3, 0.4) is 0 Å². The number of aryl methyl sites for hydroxylation is 2. The second-order valence-corrected chi connectivity index (χ2v) is 6.72. The molecule has 4 rings (SSSR count). The number of fused-ring (bicyclic) bond motifs is 3. The van der Waals surface area contributed by atoms with Crippen molar-refractivity contribution in [3.05, 3.63) is 51.5 Å². The molecule has 1 N–H and O–H groups in total. The molecule has 0 bridgehead atoms. The lowest BCUT2D eigenvalue weighted by Crippen LogP contribution is -2.36. The summed E-state index contributed by atoms with van der Waals surface area (Å²) in [4.78, 5) is 16.5. The van der Waals surface area contributed by atoms with Gasteiger partial charge in [-0.25, -0.2) is 9.98 Å². The lowest BCUT2D eigenvalue weighted by Gasteiger charge is -2.25. The zero-order valence-corrected chi connectivity index (χ0v) is 13.8. The van der Waals surface area contributed by atoms with Gasteiger partial charge in [-0.3, -0.25) is 4.99 Å². The molecule has 116 valence electrons. The van der Waals surface area contributed by atoms with Crippen molar-refractivity contribution in [1.82, 2.24) is 9.88 Å². The predicted octanol–water partition coefficient (Wildman–Crippen LogP) is 3.46. The van der Waals surface area contributed by atoms with Gasteiger partial charge in [0.15, 0.2) is 0 Å². The lowest BCUT2D eigenvalue weighted by atomic mass is 10.1. The summed E-state index contributed by atoms with van der Waals surface area (Å²) in [5.41, 5.74) is 2.78. The predicted molar refractivity (Wildman–Crippen MR) is 93.8 cm³/mol. The van der Waals surface area contributed by atoms with Crippen molar-refractivity contribution in [1.29, 1.82) is 0 Å². The summed E-state index contributed by atoms with van der Waals surface area (Å²) in [7, 11) is 0. The first-order valence-corrected chi connectivity index (χ1v) is 8.30. The fourth-order valence-corrected chi connectivity index (χ4v) is 3.75. The molecular weight excluding hydrogens is 308 g/mol. The van der Waals surface area contributed by atoms with Gasteiger partial charge in [-0.2, -0.15) is 0 Å². The van der Waals surface area contributed by atoms with Gasteiger partial charge in [0.25, 0.3) is 0 Å². The molecule has 0 atom stereocenters. The molecule has 0 amide bonds. The van der Waals surface area contributed by atoms with Gasteiger partial charge in [0.05, 0.1) is 27.8 Å². The lowest BCUT2D eigenvalue weighted by molar-refractivity contribution is 0.512. The molecule has 1 aromatic carbocycles. The van der Waals surface area contributed by atoms with Gasteiger partial charge in [0.2, 0.25) is 0 Å². The average Bonchev–Trinajstić information content (AvgIpc) is 3.14. The number of aliphatic imine (C=N–C) groups is 2. The maximum absolute atomic E-state index is 10.5. The second kappa shape index (κ2) is 5.31. The molecule has 0 fully saturated rings. The number of hydrogen-bond acceptors (Lipinski definition) is 6. The van der Waals surface area contributed by atoms with E-state index < -0.39 is 0 Å². The first-order chi connectivity index (χ1) is 11.1. The molecule has 2 aromatic rings. The third-order valence-corrected chi connectivity index (χ3v) is 4.99. The molecule has 0 radical (unpaired) electrons. The Kier molecular flexibility index (Phi) is 3.27. The van der Waals surface area contributed by atoms with Gasteiger partial charge >= 0.3 is 0 Å². The number of aliphatic hydroxyl groups excluding tert-OH is 1. The molecular formula is C17H16N4OS. The van der Waals surface area contributed by atoms with E-state index in [4.69, 9.17) is 4.99 Å². The van der Waals surface area contributed by atoms with Crippen LogP contribution in [0.1, 0.15) is 21.1 Å². The van der Waals surface area contributed by atoms with E-state index in [0.717, 1.165) is 51.6 Å². The summed E-state index contributed by atoms with van der Waals surface area (Å²) >= 11 is 1.49. The highest BCUT2D eigenvalue weighted by molar-refractivity contribution is 7.12. The monoisotopic (exact) mass is 324 g/mol. The molecule has 0 aliphatic carbocycles. The van der Waals surface area contributed by atoms with Crippen molar-refractivity contribution in [2.45, 2.75) is 13.8 Å². The van der Waals surface area contributed by atoms with Crippen LogP contribution in [0.25, 0.3) is 5.76 Å². The molecule has 5 nitrogen and oxygen atoms in total. The average molecular weight is 324 g/mol. The Morgan fingerprint density at radius 2 is 2.13 bits per heavy atom. The Hall–Kier alpha value is -2.47. The molecule has 0 saturated heterocycles. The van der Waals surface area contributed by atoms with Gasteiger partial charge in [0, 0.05) is 18.2 Å². The molecule has 3 heterocycles. The van der Waals surface area contributed by atoms with E-state index in [-0.39, 0.29) is 5.76 Å².